The van der Waals surface area contributed by atoms with Crippen LogP contribution in [0.5, 0.6) is 0 Å². The zero-order valence-corrected chi connectivity index (χ0v) is 12.3. The van der Waals surface area contributed by atoms with Crippen molar-refractivity contribution in [2.45, 2.75) is 11.5 Å². The fraction of sp³-hybridized carbons (Fsp3) is 0.400. The third kappa shape index (κ3) is 5.47. The molecule has 0 saturated carbocycles. The van der Waals surface area contributed by atoms with Crippen LogP contribution >= 0.6 is 34.9 Å². The molecule has 0 fully saturated rings. The van der Waals surface area contributed by atoms with Gasteiger partial charge in [0.25, 0.3) is 0 Å². The number of thioether (sulfide) groups is 2. The first-order valence-electron chi connectivity index (χ1n) is 4.93. The molecule has 4 N–H and O–H groups in total. The Morgan fingerprint density at radius 1 is 1.06 bits per heavy atom. The summed E-state index contributed by atoms with van der Waals surface area (Å²) in [7, 11) is 3.40. The first kappa shape index (κ1) is 14.4. The summed E-state index contributed by atoms with van der Waals surface area (Å²) in [5.74, 6) is 1.74. The largest absolute Gasteiger partial charge is 0.379 e. The Balaban J connectivity index is 2.43. The van der Waals surface area contributed by atoms with Crippen molar-refractivity contribution in [1.29, 1.82) is 0 Å². The van der Waals surface area contributed by atoms with E-state index in [9.17, 15) is 0 Å². The van der Waals surface area contributed by atoms with Crippen LogP contribution in [0.4, 0.5) is 0 Å². The fourth-order valence-electron chi connectivity index (χ4n) is 0.997. The van der Waals surface area contributed by atoms with Crippen LogP contribution in [-0.2, 0) is 11.5 Å². The molecule has 0 saturated heterocycles. The zero-order chi connectivity index (χ0) is 12.7. The van der Waals surface area contributed by atoms with Gasteiger partial charge in [-0.05, 0) is 12.1 Å². The minimum atomic E-state index is 0.622. The van der Waals surface area contributed by atoms with Crippen LogP contribution in [0.15, 0.2) is 22.1 Å². The summed E-state index contributed by atoms with van der Waals surface area (Å²) in [6.45, 7) is 0. The molecule has 0 atom stereocenters. The number of hydrogen-bond acceptors (Lipinski definition) is 5. The molecule has 1 aromatic rings. The summed E-state index contributed by atoms with van der Waals surface area (Å²) in [6, 6.07) is 4.24. The lowest BCUT2D eigenvalue weighted by molar-refractivity contribution is 1.43. The van der Waals surface area contributed by atoms with Gasteiger partial charge in [0.2, 0.25) is 0 Å². The molecule has 1 rings (SSSR count). The smallest absolute Gasteiger partial charge is 0.153 e. The van der Waals surface area contributed by atoms with Crippen molar-refractivity contribution in [3.05, 3.63) is 21.9 Å². The third-order valence-electron chi connectivity index (χ3n) is 1.88. The van der Waals surface area contributed by atoms with E-state index in [4.69, 9.17) is 11.5 Å². The van der Waals surface area contributed by atoms with Crippen molar-refractivity contribution >= 4 is 45.2 Å². The Bertz CT molecular complexity index is 375. The van der Waals surface area contributed by atoms with Gasteiger partial charge in [-0.15, -0.1) is 11.3 Å². The molecule has 1 heterocycles. The Hall–Kier alpha value is -0.660. The average molecular weight is 288 g/mol. The highest BCUT2D eigenvalue weighted by atomic mass is 32.2. The van der Waals surface area contributed by atoms with E-state index < -0.39 is 0 Å². The van der Waals surface area contributed by atoms with E-state index >= 15 is 0 Å². The fourth-order valence-corrected chi connectivity index (χ4v) is 3.46. The Morgan fingerprint density at radius 2 is 1.47 bits per heavy atom. The second-order valence-electron chi connectivity index (χ2n) is 3.07. The maximum absolute atomic E-state index is 5.63. The van der Waals surface area contributed by atoms with Crippen molar-refractivity contribution in [3.8, 4) is 0 Å². The first-order chi connectivity index (χ1) is 8.15. The van der Waals surface area contributed by atoms with Gasteiger partial charge in [0, 0.05) is 35.4 Å². The first-order valence-corrected chi connectivity index (χ1v) is 7.72. The lowest BCUT2D eigenvalue weighted by Crippen LogP contribution is -2.05. The van der Waals surface area contributed by atoms with Crippen LogP contribution in [0.1, 0.15) is 9.75 Å². The third-order valence-corrected chi connectivity index (χ3v) is 5.20. The van der Waals surface area contributed by atoms with Gasteiger partial charge >= 0.3 is 0 Å². The monoisotopic (exact) mass is 288 g/mol. The summed E-state index contributed by atoms with van der Waals surface area (Å²) < 4.78 is 0. The van der Waals surface area contributed by atoms with Crippen molar-refractivity contribution in [1.82, 2.24) is 0 Å². The van der Waals surface area contributed by atoms with Crippen LogP contribution in [0.2, 0.25) is 0 Å². The molecule has 1 aromatic heterocycles. The van der Waals surface area contributed by atoms with Crippen molar-refractivity contribution in [2.75, 3.05) is 14.1 Å². The highest BCUT2D eigenvalue weighted by molar-refractivity contribution is 8.13. The predicted octanol–water partition coefficient (Wildman–Crippen LogP) is 2.10. The van der Waals surface area contributed by atoms with Crippen LogP contribution in [0, 0.1) is 0 Å². The molecule has 0 bridgehead atoms. The lowest BCUT2D eigenvalue weighted by Gasteiger charge is -1.97. The van der Waals surface area contributed by atoms with E-state index in [0.29, 0.717) is 10.3 Å². The molecule has 94 valence electrons. The van der Waals surface area contributed by atoms with Gasteiger partial charge in [-0.2, -0.15) is 0 Å². The van der Waals surface area contributed by atoms with Crippen molar-refractivity contribution in [3.63, 3.8) is 0 Å². The minimum Gasteiger partial charge on any atom is -0.379 e. The number of hydrogen-bond donors (Lipinski definition) is 2. The van der Waals surface area contributed by atoms with E-state index in [0.717, 1.165) is 11.5 Å². The summed E-state index contributed by atoms with van der Waals surface area (Å²) in [5, 5.41) is 1.24. The molecule has 7 heteroatoms. The summed E-state index contributed by atoms with van der Waals surface area (Å²) in [6.07, 6.45) is 0. The molecule has 0 unspecified atom stereocenters. The zero-order valence-electron chi connectivity index (χ0n) is 9.84. The van der Waals surface area contributed by atoms with Gasteiger partial charge in [0.15, 0.2) is 10.3 Å². The molecular formula is C10H16N4S3. The normalized spacial score (nSPS) is 13.1. The van der Waals surface area contributed by atoms with Gasteiger partial charge in [0.05, 0.1) is 0 Å². The molecule has 17 heavy (non-hydrogen) atoms. The second kappa shape index (κ2) is 7.62. The van der Waals surface area contributed by atoms with Crippen LogP contribution < -0.4 is 11.5 Å². The Kier molecular flexibility index (Phi) is 6.46. The molecule has 0 aliphatic heterocycles. The number of aliphatic imine (C=N–C) groups is 2. The van der Waals surface area contributed by atoms with Crippen molar-refractivity contribution < 1.29 is 0 Å². The second-order valence-corrected chi connectivity index (χ2v) is 6.31. The van der Waals surface area contributed by atoms with Crippen molar-refractivity contribution in [2.24, 2.45) is 21.5 Å². The standard InChI is InChI=1S/C10H16N4S3/c1-13-9(11)15-5-7-3-4-8(17-7)6-16-10(12)14-2/h3-4H,5-6H2,1-2H3,(H2,11,13)(H2,12,14). The number of rotatable bonds is 4. The maximum Gasteiger partial charge on any atom is 0.153 e. The summed E-state index contributed by atoms with van der Waals surface area (Å²) in [4.78, 5) is 10.4. The van der Waals surface area contributed by atoms with Gasteiger partial charge in [0.1, 0.15) is 0 Å². The maximum atomic E-state index is 5.63. The van der Waals surface area contributed by atoms with E-state index in [-0.39, 0.29) is 0 Å². The highest BCUT2D eigenvalue weighted by Crippen LogP contribution is 2.24. The predicted molar refractivity (Wildman–Crippen MR) is 82.0 cm³/mol. The van der Waals surface area contributed by atoms with E-state index in [1.807, 2.05) is 0 Å². The molecule has 0 aliphatic carbocycles. The number of nitrogens with two attached hydrogens (primary N) is 2. The Morgan fingerprint density at radius 3 is 1.82 bits per heavy atom. The van der Waals surface area contributed by atoms with Gasteiger partial charge in [-0.3, -0.25) is 9.98 Å². The molecule has 0 aromatic carbocycles. The molecule has 0 amide bonds. The van der Waals surface area contributed by atoms with Crippen LogP contribution in [0.25, 0.3) is 0 Å². The minimum absolute atomic E-state index is 0.622. The summed E-state index contributed by atoms with van der Waals surface area (Å²) in [5.41, 5.74) is 11.3. The van der Waals surface area contributed by atoms with Gasteiger partial charge in [-0.25, -0.2) is 0 Å². The molecular weight excluding hydrogens is 272 g/mol. The van der Waals surface area contributed by atoms with Gasteiger partial charge < -0.3 is 11.5 Å². The average Bonchev–Trinajstić information content (AvgIpc) is 2.80. The molecule has 0 aliphatic rings. The van der Waals surface area contributed by atoms with E-state index in [1.54, 1.807) is 49.0 Å². The summed E-state index contributed by atoms with van der Waals surface area (Å²) >= 11 is 4.88. The quantitative estimate of drug-likeness (QED) is 0.657. The SMILES string of the molecule is CN=C(N)SCc1ccc(CSC(N)=NC)s1. The Labute approximate surface area is 114 Å². The molecule has 0 spiro atoms. The molecule has 4 nitrogen and oxygen atoms in total. The molecule has 0 radical (unpaired) electrons. The topological polar surface area (TPSA) is 76.8 Å². The number of thiophene rings is 1. The number of nitrogens with zero attached hydrogens (tertiary/aromatic N) is 2. The highest BCUT2D eigenvalue weighted by Gasteiger charge is 2.03. The van der Waals surface area contributed by atoms with Crippen LogP contribution in [0.3, 0.4) is 0 Å². The van der Waals surface area contributed by atoms with Crippen LogP contribution in [-0.4, -0.2) is 24.4 Å². The van der Waals surface area contributed by atoms with Gasteiger partial charge in [-0.1, -0.05) is 23.5 Å². The lowest BCUT2D eigenvalue weighted by atomic mass is 10.5. The van der Waals surface area contributed by atoms with E-state index in [2.05, 4.69) is 22.1 Å². The number of amidine groups is 2. The van der Waals surface area contributed by atoms with E-state index in [1.165, 1.54) is 9.75 Å².